The van der Waals surface area contributed by atoms with Gasteiger partial charge in [-0.2, -0.15) is 18.2 Å². The number of aliphatic hydroxyl groups is 1. The van der Waals surface area contributed by atoms with E-state index in [9.17, 15) is 18.3 Å². The average molecular weight is 424 g/mol. The molecule has 3 rings (SSSR count). The number of alkyl halides is 3. The quantitative estimate of drug-likeness (QED) is 0.531. The molecular weight excluding hydrogens is 407 g/mol. The highest BCUT2D eigenvalue weighted by atomic mass is 35.5. The van der Waals surface area contributed by atoms with Gasteiger partial charge in [0.05, 0.1) is 22.9 Å². The van der Waals surface area contributed by atoms with Crippen molar-refractivity contribution in [2.45, 2.75) is 19.1 Å². The summed E-state index contributed by atoms with van der Waals surface area (Å²) in [7, 11) is 0. The van der Waals surface area contributed by atoms with E-state index in [0.29, 0.717) is 11.3 Å². The van der Waals surface area contributed by atoms with Crippen molar-refractivity contribution >= 4 is 29.1 Å². The molecule has 29 heavy (non-hydrogen) atoms. The summed E-state index contributed by atoms with van der Waals surface area (Å²) >= 11 is 5.67. The number of nitrogens with zero attached hydrogens (tertiary/aromatic N) is 3. The highest BCUT2D eigenvalue weighted by molar-refractivity contribution is 6.31. The maximum atomic E-state index is 13.1. The van der Waals surface area contributed by atoms with Gasteiger partial charge >= 0.3 is 6.18 Å². The fourth-order valence-electron chi connectivity index (χ4n) is 2.47. The highest BCUT2D eigenvalue weighted by Crippen LogP contribution is 2.36. The van der Waals surface area contributed by atoms with Crippen molar-refractivity contribution in [3.63, 3.8) is 0 Å². The Balaban J connectivity index is 1.99. The lowest BCUT2D eigenvalue weighted by Gasteiger charge is -2.15. The Hall–Kier alpha value is -2.91. The fraction of sp³-hybridized carbons (Fsp3) is 0.211. The Labute approximate surface area is 169 Å². The summed E-state index contributed by atoms with van der Waals surface area (Å²) < 4.78 is 39.4. The van der Waals surface area contributed by atoms with E-state index < -0.39 is 11.7 Å². The van der Waals surface area contributed by atoms with E-state index >= 15 is 0 Å². The molecule has 0 spiro atoms. The molecule has 152 valence electrons. The minimum Gasteiger partial charge on any atom is -0.394 e. The summed E-state index contributed by atoms with van der Waals surface area (Å²) in [6.45, 7) is 1.59. The summed E-state index contributed by atoms with van der Waals surface area (Å²) in [5, 5.41) is 14.7. The number of hydrogen-bond acceptors (Lipinski definition) is 6. The normalized spacial score (nSPS) is 12.5. The van der Waals surface area contributed by atoms with Gasteiger partial charge in [-0.25, -0.2) is 4.98 Å². The van der Waals surface area contributed by atoms with Crippen LogP contribution in [0.2, 0.25) is 5.02 Å². The first-order valence-corrected chi connectivity index (χ1v) is 8.94. The minimum atomic E-state index is -4.58. The molecule has 3 aromatic rings. The van der Waals surface area contributed by atoms with Crippen molar-refractivity contribution in [2.75, 3.05) is 17.2 Å². The molecule has 10 heteroatoms. The van der Waals surface area contributed by atoms with E-state index in [1.54, 1.807) is 37.5 Å². The minimum absolute atomic E-state index is 0.143. The molecule has 0 unspecified atom stereocenters. The molecule has 1 aromatic carbocycles. The molecule has 0 saturated carbocycles. The molecule has 0 bridgehead atoms. The van der Waals surface area contributed by atoms with Crippen LogP contribution in [0.25, 0.3) is 11.3 Å². The zero-order chi connectivity index (χ0) is 21.0. The number of hydrogen-bond donors (Lipinski definition) is 3. The van der Waals surface area contributed by atoms with Gasteiger partial charge in [0.1, 0.15) is 5.82 Å². The number of anilines is 3. The lowest BCUT2D eigenvalue weighted by molar-refractivity contribution is -0.137. The van der Waals surface area contributed by atoms with Crippen molar-refractivity contribution < 1.29 is 18.3 Å². The van der Waals surface area contributed by atoms with Gasteiger partial charge in [0.15, 0.2) is 0 Å². The van der Waals surface area contributed by atoms with E-state index in [-0.39, 0.29) is 35.1 Å². The predicted octanol–water partition coefficient (Wildman–Crippen LogP) is 4.75. The van der Waals surface area contributed by atoms with E-state index in [2.05, 4.69) is 25.6 Å². The third kappa shape index (κ3) is 5.33. The number of aromatic nitrogens is 3. The Bertz CT molecular complexity index is 985. The van der Waals surface area contributed by atoms with Crippen LogP contribution in [0, 0.1) is 0 Å². The number of pyridine rings is 1. The summed E-state index contributed by atoms with van der Waals surface area (Å²) in [6, 6.07) is 8.31. The van der Waals surface area contributed by atoms with Crippen LogP contribution in [0.15, 0.2) is 48.8 Å². The largest absolute Gasteiger partial charge is 0.417 e. The monoisotopic (exact) mass is 423 g/mol. The molecule has 0 aliphatic carbocycles. The number of aliphatic hydroxyl groups excluding tert-OH is 1. The SMILES string of the molecule is C[C@H](CO)Nc1nc(Nc2ccc(Cl)c(C(F)(F)F)c2)cc(-c2cccnc2)n1. The highest BCUT2D eigenvalue weighted by Gasteiger charge is 2.33. The summed E-state index contributed by atoms with van der Waals surface area (Å²) in [6.07, 6.45) is -1.36. The molecule has 3 N–H and O–H groups in total. The Morgan fingerprint density at radius 2 is 1.97 bits per heavy atom. The van der Waals surface area contributed by atoms with Gasteiger partial charge in [-0.1, -0.05) is 11.6 Å². The molecular formula is C19H17ClF3N5O. The Kier molecular flexibility index (Phi) is 6.19. The Morgan fingerprint density at radius 1 is 1.17 bits per heavy atom. The third-order valence-corrected chi connectivity index (χ3v) is 4.21. The van der Waals surface area contributed by atoms with Gasteiger partial charge in [-0.15, -0.1) is 0 Å². The number of halogens is 4. The van der Waals surface area contributed by atoms with Crippen LogP contribution in [0.4, 0.5) is 30.6 Å². The summed E-state index contributed by atoms with van der Waals surface area (Å²) in [5.74, 6) is 0.474. The molecule has 2 heterocycles. The van der Waals surface area contributed by atoms with Crippen LogP contribution < -0.4 is 10.6 Å². The molecule has 6 nitrogen and oxygen atoms in total. The lowest BCUT2D eigenvalue weighted by atomic mass is 10.2. The van der Waals surface area contributed by atoms with Gasteiger partial charge in [0, 0.05) is 35.8 Å². The second-order valence-corrected chi connectivity index (χ2v) is 6.66. The van der Waals surface area contributed by atoms with Crippen molar-refractivity contribution in [2.24, 2.45) is 0 Å². The van der Waals surface area contributed by atoms with Crippen molar-refractivity contribution in [3.05, 3.63) is 59.4 Å². The molecule has 0 saturated heterocycles. The first-order chi connectivity index (χ1) is 13.8. The topological polar surface area (TPSA) is 83.0 Å². The smallest absolute Gasteiger partial charge is 0.394 e. The van der Waals surface area contributed by atoms with Crippen molar-refractivity contribution in [1.29, 1.82) is 0 Å². The van der Waals surface area contributed by atoms with Crippen LogP contribution in [0.5, 0.6) is 0 Å². The van der Waals surface area contributed by atoms with E-state index in [4.69, 9.17) is 11.6 Å². The van der Waals surface area contributed by atoms with Crippen LogP contribution in [-0.2, 0) is 6.18 Å². The third-order valence-electron chi connectivity index (χ3n) is 3.88. The summed E-state index contributed by atoms with van der Waals surface area (Å²) in [5.41, 5.74) is 0.426. The predicted molar refractivity (Wildman–Crippen MR) is 105 cm³/mol. The molecule has 2 aromatic heterocycles. The van der Waals surface area contributed by atoms with Crippen LogP contribution in [-0.4, -0.2) is 32.7 Å². The zero-order valence-electron chi connectivity index (χ0n) is 15.2. The van der Waals surface area contributed by atoms with Gasteiger partial charge in [-0.05, 0) is 37.3 Å². The summed E-state index contributed by atoms with van der Waals surface area (Å²) in [4.78, 5) is 12.7. The van der Waals surface area contributed by atoms with Crippen LogP contribution >= 0.6 is 11.6 Å². The molecule has 0 fully saturated rings. The molecule has 1 atom stereocenters. The first-order valence-electron chi connectivity index (χ1n) is 8.57. The van der Waals surface area contributed by atoms with E-state index in [1.807, 2.05) is 0 Å². The maximum absolute atomic E-state index is 13.1. The van der Waals surface area contributed by atoms with E-state index in [0.717, 1.165) is 6.07 Å². The Morgan fingerprint density at radius 3 is 2.62 bits per heavy atom. The average Bonchev–Trinajstić information content (AvgIpc) is 2.69. The molecule has 0 amide bonds. The van der Waals surface area contributed by atoms with Gasteiger partial charge in [0.25, 0.3) is 0 Å². The lowest BCUT2D eigenvalue weighted by Crippen LogP contribution is -2.21. The number of rotatable bonds is 6. The standard InChI is InChI=1S/C19H17ClF3N5O/c1-11(10-29)25-18-27-16(12-3-2-6-24-9-12)8-17(28-18)26-13-4-5-15(20)14(7-13)19(21,22)23/h2-9,11,29H,10H2,1H3,(H2,25,26,27,28)/t11-/m1/s1. The second-order valence-electron chi connectivity index (χ2n) is 6.25. The van der Waals surface area contributed by atoms with Gasteiger partial charge in [-0.3, -0.25) is 4.98 Å². The van der Waals surface area contributed by atoms with Gasteiger partial charge < -0.3 is 15.7 Å². The van der Waals surface area contributed by atoms with E-state index in [1.165, 1.54) is 12.1 Å². The molecule has 0 radical (unpaired) electrons. The first kappa shape index (κ1) is 20.8. The number of benzene rings is 1. The maximum Gasteiger partial charge on any atom is 0.417 e. The van der Waals surface area contributed by atoms with Crippen molar-refractivity contribution in [3.8, 4) is 11.3 Å². The van der Waals surface area contributed by atoms with Crippen LogP contribution in [0.1, 0.15) is 12.5 Å². The van der Waals surface area contributed by atoms with Gasteiger partial charge in [0.2, 0.25) is 5.95 Å². The fourth-order valence-corrected chi connectivity index (χ4v) is 2.70. The molecule has 0 aliphatic heterocycles. The number of nitrogens with one attached hydrogen (secondary N) is 2. The molecule has 0 aliphatic rings. The zero-order valence-corrected chi connectivity index (χ0v) is 16.0. The second kappa shape index (κ2) is 8.62. The van der Waals surface area contributed by atoms with Crippen molar-refractivity contribution in [1.82, 2.24) is 15.0 Å². The van der Waals surface area contributed by atoms with Crippen LogP contribution in [0.3, 0.4) is 0 Å².